The molecule has 0 spiro atoms. The molecule has 8 heteroatoms. The minimum atomic E-state index is -0.667. The Balaban J connectivity index is 1.77. The highest BCUT2D eigenvalue weighted by Crippen LogP contribution is 2.24. The lowest BCUT2D eigenvalue weighted by atomic mass is 10.1. The molecular weight excluding hydrogens is 406 g/mol. The van der Waals surface area contributed by atoms with Gasteiger partial charge in [0, 0.05) is 29.7 Å². The van der Waals surface area contributed by atoms with E-state index in [2.05, 4.69) is 5.10 Å². The van der Waals surface area contributed by atoms with Crippen molar-refractivity contribution in [2.45, 2.75) is 27.7 Å². The number of nitrogens with zero attached hydrogens (tertiary/aromatic N) is 3. The number of hydrogen-bond acceptors (Lipinski definition) is 5. The smallest absolute Gasteiger partial charge is 0.343 e. The molecule has 0 aliphatic rings. The first-order valence-corrected chi connectivity index (χ1v) is 9.94. The van der Waals surface area contributed by atoms with Crippen molar-refractivity contribution in [2.75, 3.05) is 13.2 Å². The molecule has 1 aromatic carbocycles. The van der Waals surface area contributed by atoms with Crippen LogP contribution in [0, 0.1) is 20.8 Å². The van der Waals surface area contributed by atoms with Crippen LogP contribution in [0.5, 0.6) is 5.75 Å². The summed E-state index contributed by atoms with van der Waals surface area (Å²) in [5, 5.41) is 4.26. The molecule has 0 aliphatic carbocycles. The predicted octanol–water partition coefficient (Wildman–Crippen LogP) is 4.23. The Kier molecular flexibility index (Phi) is 6.31. The second kappa shape index (κ2) is 8.75. The highest BCUT2D eigenvalue weighted by atomic mass is 35.5. The zero-order chi connectivity index (χ0) is 22.0. The van der Waals surface area contributed by atoms with Crippen LogP contribution < -0.4 is 4.74 Å². The molecule has 30 heavy (non-hydrogen) atoms. The number of carbonyl (C=O) groups is 2. The minimum Gasteiger partial charge on any atom is -0.494 e. The maximum absolute atomic E-state index is 12.7. The van der Waals surface area contributed by atoms with Gasteiger partial charge >= 0.3 is 5.97 Å². The van der Waals surface area contributed by atoms with Crippen LogP contribution in [0.4, 0.5) is 0 Å². The Labute approximate surface area is 180 Å². The van der Waals surface area contributed by atoms with E-state index in [1.165, 1.54) is 4.68 Å². The number of benzene rings is 1. The van der Waals surface area contributed by atoms with Crippen molar-refractivity contribution in [3.05, 3.63) is 63.7 Å². The van der Waals surface area contributed by atoms with Crippen LogP contribution in [0.25, 0.3) is 5.69 Å². The van der Waals surface area contributed by atoms with E-state index in [1.54, 1.807) is 20.0 Å². The van der Waals surface area contributed by atoms with Crippen molar-refractivity contribution in [2.24, 2.45) is 7.05 Å². The first-order chi connectivity index (χ1) is 14.2. The molecule has 0 saturated heterocycles. The molecule has 0 N–H and O–H groups in total. The van der Waals surface area contributed by atoms with E-state index in [-0.39, 0.29) is 23.1 Å². The van der Waals surface area contributed by atoms with Crippen molar-refractivity contribution in [3.63, 3.8) is 0 Å². The van der Waals surface area contributed by atoms with Gasteiger partial charge in [0.2, 0.25) is 5.78 Å². The molecule has 0 saturated carbocycles. The Morgan fingerprint density at radius 3 is 2.37 bits per heavy atom. The normalized spacial score (nSPS) is 10.9. The van der Waals surface area contributed by atoms with Gasteiger partial charge in [-0.3, -0.25) is 9.48 Å². The van der Waals surface area contributed by atoms with Crippen LogP contribution in [0.15, 0.2) is 30.3 Å². The molecule has 0 bridgehead atoms. The molecular formula is C22H24ClN3O4. The van der Waals surface area contributed by atoms with Crippen LogP contribution in [0.1, 0.15) is 44.7 Å². The Bertz CT molecular complexity index is 1100. The van der Waals surface area contributed by atoms with Crippen molar-refractivity contribution in [3.8, 4) is 11.4 Å². The van der Waals surface area contributed by atoms with E-state index < -0.39 is 5.97 Å². The second-order valence-corrected chi connectivity index (χ2v) is 7.28. The van der Waals surface area contributed by atoms with Gasteiger partial charge in [0.15, 0.2) is 6.61 Å². The first kappa shape index (κ1) is 21.6. The van der Waals surface area contributed by atoms with Crippen molar-refractivity contribution in [1.82, 2.24) is 14.3 Å². The topological polar surface area (TPSA) is 75.3 Å². The molecule has 158 valence electrons. The standard InChI is InChI=1S/C22H24ClN3O4/c1-6-29-17-9-7-16(8-10-17)26-13(2)11-18(15(26)4)19(27)12-30-22(28)20-14(3)24-25(5)21(20)23/h7-11H,6,12H2,1-5H3. The van der Waals surface area contributed by atoms with Crippen LogP contribution >= 0.6 is 11.6 Å². The number of aryl methyl sites for hydroxylation is 3. The van der Waals surface area contributed by atoms with Gasteiger partial charge in [-0.25, -0.2) is 4.79 Å². The lowest BCUT2D eigenvalue weighted by molar-refractivity contribution is 0.0474. The first-order valence-electron chi connectivity index (χ1n) is 9.56. The number of ketones is 1. The molecule has 2 heterocycles. The number of rotatable bonds is 7. The van der Waals surface area contributed by atoms with Gasteiger partial charge in [0.05, 0.1) is 12.3 Å². The van der Waals surface area contributed by atoms with Gasteiger partial charge < -0.3 is 14.0 Å². The summed E-state index contributed by atoms with van der Waals surface area (Å²) in [5.41, 5.74) is 3.72. The molecule has 0 fully saturated rings. The summed E-state index contributed by atoms with van der Waals surface area (Å²) in [4.78, 5) is 25.1. The van der Waals surface area contributed by atoms with E-state index in [4.69, 9.17) is 21.1 Å². The summed E-state index contributed by atoms with van der Waals surface area (Å²) in [6.45, 7) is 7.60. The van der Waals surface area contributed by atoms with E-state index >= 15 is 0 Å². The minimum absolute atomic E-state index is 0.173. The molecule has 3 rings (SSSR count). The fraction of sp³-hybridized carbons (Fsp3) is 0.318. The molecule has 0 aliphatic heterocycles. The van der Waals surface area contributed by atoms with Gasteiger partial charge in [0.1, 0.15) is 16.5 Å². The number of carbonyl (C=O) groups excluding carboxylic acids is 2. The number of ether oxygens (including phenoxy) is 2. The summed E-state index contributed by atoms with van der Waals surface area (Å²) in [6.07, 6.45) is 0. The zero-order valence-corrected chi connectivity index (χ0v) is 18.4. The van der Waals surface area contributed by atoms with Gasteiger partial charge in [-0.15, -0.1) is 0 Å². The van der Waals surface area contributed by atoms with Crippen molar-refractivity contribution in [1.29, 1.82) is 0 Å². The Morgan fingerprint density at radius 2 is 1.80 bits per heavy atom. The molecule has 0 atom stereocenters. The summed E-state index contributed by atoms with van der Waals surface area (Å²) in [6, 6.07) is 9.45. The van der Waals surface area contributed by atoms with Gasteiger partial charge in [-0.1, -0.05) is 11.6 Å². The molecule has 3 aromatic rings. The van der Waals surface area contributed by atoms with E-state index in [0.717, 1.165) is 22.8 Å². The second-order valence-electron chi connectivity index (χ2n) is 6.92. The third-order valence-electron chi connectivity index (χ3n) is 4.83. The molecule has 0 radical (unpaired) electrons. The molecule has 0 amide bonds. The zero-order valence-electron chi connectivity index (χ0n) is 17.7. The lowest BCUT2D eigenvalue weighted by Crippen LogP contribution is -2.15. The average Bonchev–Trinajstić information content (AvgIpc) is 3.14. The Morgan fingerprint density at radius 1 is 1.13 bits per heavy atom. The SMILES string of the molecule is CCOc1ccc(-n2c(C)cc(C(=O)COC(=O)c3c(C)nn(C)c3Cl)c2C)cc1. The lowest BCUT2D eigenvalue weighted by Gasteiger charge is -2.11. The predicted molar refractivity (Wildman–Crippen MR) is 114 cm³/mol. The maximum Gasteiger partial charge on any atom is 0.343 e. The highest BCUT2D eigenvalue weighted by molar-refractivity contribution is 6.32. The summed E-state index contributed by atoms with van der Waals surface area (Å²) in [5.74, 6) is -0.165. The number of aromatic nitrogens is 3. The number of halogens is 1. The van der Waals surface area contributed by atoms with Gasteiger partial charge in [0.25, 0.3) is 0 Å². The monoisotopic (exact) mass is 429 g/mol. The van der Waals surface area contributed by atoms with E-state index in [9.17, 15) is 9.59 Å². The fourth-order valence-corrected chi connectivity index (χ4v) is 3.70. The number of hydrogen-bond donors (Lipinski definition) is 0. The van der Waals surface area contributed by atoms with E-state index in [0.29, 0.717) is 17.9 Å². The van der Waals surface area contributed by atoms with Crippen molar-refractivity contribution < 1.29 is 19.1 Å². The molecule has 2 aromatic heterocycles. The quantitative estimate of drug-likeness (QED) is 0.415. The summed E-state index contributed by atoms with van der Waals surface area (Å²) < 4.78 is 14.1. The van der Waals surface area contributed by atoms with Crippen LogP contribution in [0.2, 0.25) is 5.15 Å². The van der Waals surface area contributed by atoms with Crippen LogP contribution in [0.3, 0.4) is 0 Å². The van der Waals surface area contributed by atoms with Gasteiger partial charge in [-0.05, 0) is 58.0 Å². The van der Waals surface area contributed by atoms with Crippen LogP contribution in [-0.2, 0) is 11.8 Å². The number of Topliss-reactive ketones (excluding diaryl/α,β-unsaturated/α-hetero) is 1. The van der Waals surface area contributed by atoms with E-state index in [1.807, 2.05) is 49.6 Å². The van der Waals surface area contributed by atoms with Crippen molar-refractivity contribution >= 4 is 23.4 Å². The third-order valence-corrected chi connectivity index (χ3v) is 5.26. The van der Waals surface area contributed by atoms with Crippen LogP contribution in [-0.4, -0.2) is 39.3 Å². The largest absolute Gasteiger partial charge is 0.494 e. The molecule has 7 nitrogen and oxygen atoms in total. The fourth-order valence-electron chi connectivity index (χ4n) is 3.44. The van der Waals surface area contributed by atoms with Gasteiger partial charge in [-0.2, -0.15) is 5.10 Å². The summed E-state index contributed by atoms with van der Waals surface area (Å²) >= 11 is 6.09. The Hall–Kier alpha value is -3.06. The molecule has 0 unspecified atom stereocenters. The highest BCUT2D eigenvalue weighted by Gasteiger charge is 2.23. The summed E-state index contributed by atoms with van der Waals surface area (Å²) in [7, 11) is 1.63. The number of esters is 1. The maximum atomic E-state index is 12.7. The third kappa shape index (κ3) is 4.11. The average molecular weight is 430 g/mol.